The zero-order valence-electron chi connectivity index (χ0n) is 14.8. The van der Waals surface area contributed by atoms with Crippen LogP contribution in [-0.2, 0) is 25.7 Å². The third-order valence-electron chi connectivity index (χ3n) is 5.33. The van der Waals surface area contributed by atoms with E-state index in [2.05, 4.69) is 11.9 Å². The Morgan fingerprint density at radius 1 is 1.29 bits per heavy atom. The second kappa shape index (κ2) is 7.59. The van der Waals surface area contributed by atoms with Gasteiger partial charge in [-0.05, 0) is 30.0 Å². The van der Waals surface area contributed by atoms with E-state index in [0.717, 1.165) is 0 Å². The Balaban J connectivity index is 1.82. The minimum Gasteiger partial charge on any atom is -0.481 e. The molecule has 0 radical (unpaired) electrons. The SMILES string of the molecule is C=CCOC(=O)N[C@]1(C(=O)O)[C@H]2[C@@H](C[C@H]1OCc1ccc(F)cc1)[C@@H]2C(=O)O. The first kappa shape index (κ1) is 19.8. The van der Waals surface area contributed by atoms with Crippen molar-refractivity contribution in [1.29, 1.82) is 0 Å². The molecule has 5 atom stereocenters. The predicted molar refractivity (Wildman–Crippen MR) is 92.7 cm³/mol. The van der Waals surface area contributed by atoms with Gasteiger partial charge in [0, 0.05) is 5.92 Å². The van der Waals surface area contributed by atoms with E-state index in [4.69, 9.17) is 9.47 Å². The average molecular weight is 393 g/mol. The highest BCUT2D eigenvalue weighted by Crippen LogP contribution is 2.63. The Morgan fingerprint density at radius 3 is 2.54 bits per heavy atom. The van der Waals surface area contributed by atoms with Gasteiger partial charge in [-0.25, -0.2) is 14.0 Å². The van der Waals surface area contributed by atoms with Gasteiger partial charge >= 0.3 is 18.0 Å². The number of benzene rings is 1. The van der Waals surface area contributed by atoms with Gasteiger partial charge in [0.15, 0.2) is 5.54 Å². The molecule has 8 nitrogen and oxygen atoms in total. The van der Waals surface area contributed by atoms with Crippen LogP contribution in [0.3, 0.4) is 0 Å². The fraction of sp³-hybridized carbons (Fsp3) is 0.421. The van der Waals surface area contributed by atoms with Gasteiger partial charge in [0.2, 0.25) is 0 Å². The van der Waals surface area contributed by atoms with E-state index in [9.17, 15) is 29.0 Å². The number of amides is 1. The zero-order valence-corrected chi connectivity index (χ0v) is 14.8. The number of rotatable bonds is 8. The molecule has 28 heavy (non-hydrogen) atoms. The van der Waals surface area contributed by atoms with Crippen molar-refractivity contribution in [2.24, 2.45) is 17.8 Å². The van der Waals surface area contributed by atoms with E-state index < -0.39 is 53.2 Å². The molecule has 2 saturated carbocycles. The number of aliphatic carboxylic acids is 2. The lowest BCUT2D eigenvalue weighted by Crippen LogP contribution is -2.63. The first-order chi connectivity index (χ1) is 13.3. The monoisotopic (exact) mass is 393 g/mol. The van der Waals surface area contributed by atoms with Gasteiger partial charge in [-0.1, -0.05) is 24.8 Å². The fourth-order valence-electron chi connectivity index (χ4n) is 4.09. The molecular weight excluding hydrogens is 373 g/mol. The van der Waals surface area contributed by atoms with Crippen LogP contribution in [0.15, 0.2) is 36.9 Å². The number of ether oxygens (including phenoxy) is 2. The molecule has 3 rings (SSSR count). The molecule has 1 amide bonds. The molecule has 2 aliphatic carbocycles. The summed E-state index contributed by atoms with van der Waals surface area (Å²) in [4.78, 5) is 35.7. The standard InChI is InChI=1S/C19H20FNO7/c1-2-7-27-18(26)21-19(17(24)25)13(8-12-14(15(12)19)16(22)23)28-9-10-3-5-11(20)6-4-10/h2-6,12-15H,1,7-9H2,(H,21,26)(H,22,23)(H,24,25)/t12-,13+,14-,15-,19-/m0/s1. The number of hydrogen-bond acceptors (Lipinski definition) is 5. The lowest BCUT2D eigenvalue weighted by Gasteiger charge is -2.34. The molecule has 2 aliphatic rings. The Labute approximate surface area is 159 Å². The van der Waals surface area contributed by atoms with Crippen molar-refractivity contribution in [2.75, 3.05) is 6.61 Å². The first-order valence-electron chi connectivity index (χ1n) is 8.69. The minimum atomic E-state index is -1.92. The van der Waals surface area contributed by atoms with Crippen LogP contribution in [0.1, 0.15) is 12.0 Å². The van der Waals surface area contributed by atoms with Crippen molar-refractivity contribution in [2.45, 2.75) is 24.7 Å². The van der Waals surface area contributed by atoms with Crippen LogP contribution in [-0.4, -0.2) is 46.5 Å². The summed E-state index contributed by atoms with van der Waals surface area (Å²) in [5.41, 5.74) is -1.31. The number of fused-ring (bicyclic) bond motifs is 1. The number of carbonyl (C=O) groups is 3. The largest absolute Gasteiger partial charge is 0.481 e. The number of carbonyl (C=O) groups excluding carboxylic acids is 1. The molecule has 0 heterocycles. The zero-order chi connectivity index (χ0) is 20.5. The lowest BCUT2D eigenvalue weighted by atomic mass is 9.87. The highest BCUT2D eigenvalue weighted by molar-refractivity contribution is 5.90. The summed E-state index contributed by atoms with van der Waals surface area (Å²) < 4.78 is 23.6. The van der Waals surface area contributed by atoms with Crippen molar-refractivity contribution in [3.8, 4) is 0 Å². The summed E-state index contributed by atoms with van der Waals surface area (Å²) in [5.74, 6) is -5.02. The Kier molecular flexibility index (Phi) is 5.37. The van der Waals surface area contributed by atoms with E-state index in [1.807, 2.05) is 0 Å². The molecule has 2 fully saturated rings. The number of alkyl carbamates (subject to hydrolysis) is 1. The van der Waals surface area contributed by atoms with Crippen LogP contribution in [0.4, 0.5) is 9.18 Å². The number of nitrogens with one attached hydrogen (secondary N) is 1. The Bertz CT molecular complexity index is 796. The van der Waals surface area contributed by atoms with Crippen LogP contribution in [0.25, 0.3) is 0 Å². The van der Waals surface area contributed by atoms with Gasteiger partial charge in [-0.2, -0.15) is 0 Å². The van der Waals surface area contributed by atoms with Gasteiger partial charge < -0.3 is 25.0 Å². The number of halogens is 1. The second-order valence-electron chi connectivity index (χ2n) is 6.90. The fourth-order valence-corrected chi connectivity index (χ4v) is 4.09. The summed E-state index contributed by atoms with van der Waals surface area (Å²) in [6, 6.07) is 5.50. The minimum absolute atomic E-state index is 0.0134. The van der Waals surface area contributed by atoms with E-state index in [1.165, 1.54) is 30.3 Å². The van der Waals surface area contributed by atoms with Crippen LogP contribution >= 0.6 is 0 Å². The number of hydrogen-bond donors (Lipinski definition) is 3. The van der Waals surface area contributed by atoms with Gasteiger partial charge in [0.1, 0.15) is 12.4 Å². The molecule has 0 aliphatic heterocycles. The van der Waals surface area contributed by atoms with Crippen LogP contribution in [0.2, 0.25) is 0 Å². The quantitative estimate of drug-likeness (QED) is 0.576. The van der Waals surface area contributed by atoms with Gasteiger partial charge in [0.25, 0.3) is 0 Å². The van der Waals surface area contributed by atoms with E-state index in [-0.39, 0.29) is 19.6 Å². The first-order valence-corrected chi connectivity index (χ1v) is 8.69. The topological polar surface area (TPSA) is 122 Å². The maximum absolute atomic E-state index is 13.0. The second-order valence-corrected chi connectivity index (χ2v) is 6.90. The molecule has 0 aromatic heterocycles. The van der Waals surface area contributed by atoms with Crippen LogP contribution in [0.5, 0.6) is 0 Å². The summed E-state index contributed by atoms with van der Waals surface area (Å²) in [5, 5.41) is 21.6. The molecule has 0 bridgehead atoms. The van der Waals surface area contributed by atoms with Crippen molar-refractivity contribution in [1.82, 2.24) is 5.32 Å². The lowest BCUT2D eigenvalue weighted by molar-refractivity contribution is -0.154. The van der Waals surface area contributed by atoms with Gasteiger partial charge in [-0.15, -0.1) is 0 Å². The highest BCUT2D eigenvalue weighted by atomic mass is 19.1. The normalized spacial score (nSPS) is 30.2. The molecule has 1 aromatic carbocycles. The highest BCUT2D eigenvalue weighted by Gasteiger charge is 2.76. The van der Waals surface area contributed by atoms with E-state index in [0.29, 0.717) is 5.56 Å². The molecule has 150 valence electrons. The van der Waals surface area contributed by atoms with Crippen LogP contribution < -0.4 is 5.32 Å². The smallest absolute Gasteiger partial charge is 0.408 e. The third kappa shape index (κ3) is 3.45. The van der Waals surface area contributed by atoms with E-state index in [1.54, 1.807) is 0 Å². The number of carboxylic acids is 2. The molecule has 0 spiro atoms. The van der Waals surface area contributed by atoms with Crippen molar-refractivity contribution < 1.29 is 38.5 Å². The maximum Gasteiger partial charge on any atom is 0.408 e. The van der Waals surface area contributed by atoms with Crippen molar-refractivity contribution in [3.63, 3.8) is 0 Å². The van der Waals surface area contributed by atoms with Gasteiger partial charge in [0.05, 0.1) is 18.6 Å². The predicted octanol–water partition coefficient (Wildman–Crippen LogP) is 1.80. The Hall–Kier alpha value is -2.94. The molecule has 1 aromatic rings. The summed E-state index contributed by atoms with van der Waals surface area (Å²) in [6.07, 6.45) is -0.465. The molecule has 0 unspecified atom stereocenters. The van der Waals surface area contributed by atoms with Crippen molar-refractivity contribution >= 4 is 18.0 Å². The third-order valence-corrected chi connectivity index (χ3v) is 5.33. The molecule has 9 heteroatoms. The van der Waals surface area contributed by atoms with Crippen LogP contribution in [0, 0.1) is 23.6 Å². The van der Waals surface area contributed by atoms with Gasteiger partial charge in [-0.3, -0.25) is 4.79 Å². The molecular formula is C19H20FNO7. The summed E-state index contributed by atoms with van der Waals surface area (Å²) in [6.45, 7) is 3.27. The summed E-state index contributed by atoms with van der Waals surface area (Å²) >= 11 is 0. The molecule has 3 N–H and O–H groups in total. The Morgan fingerprint density at radius 2 is 1.96 bits per heavy atom. The average Bonchev–Trinajstić information content (AvgIpc) is 3.29. The molecule has 0 saturated heterocycles. The van der Waals surface area contributed by atoms with E-state index >= 15 is 0 Å². The maximum atomic E-state index is 13.0. The van der Waals surface area contributed by atoms with Crippen molar-refractivity contribution in [3.05, 3.63) is 48.3 Å². The number of carboxylic acid groups (broad SMARTS) is 2. The summed E-state index contributed by atoms with van der Waals surface area (Å²) in [7, 11) is 0.